The van der Waals surface area contributed by atoms with E-state index in [1.54, 1.807) is 11.4 Å². The van der Waals surface area contributed by atoms with Crippen molar-refractivity contribution in [3.8, 4) is 5.75 Å². The van der Waals surface area contributed by atoms with Crippen LogP contribution in [0.2, 0.25) is 0 Å². The zero-order chi connectivity index (χ0) is 20.5. The number of ether oxygens (including phenoxy) is 1. The van der Waals surface area contributed by atoms with Crippen molar-refractivity contribution in [3.05, 3.63) is 58.7 Å². The molecule has 5 nitrogen and oxygen atoms in total. The molecule has 1 atom stereocenters. The first-order valence-corrected chi connectivity index (χ1v) is 11.1. The summed E-state index contributed by atoms with van der Waals surface area (Å²) >= 11 is 0. The maximum atomic E-state index is 13.4. The number of piperazine rings is 1. The normalized spacial score (nSPS) is 17.5. The van der Waals surface area contributed by atoms with Gasteiger partial charge in [0, 0.05) is 32.2 Å². The third-order valence-electron chi connectivity index (χ3n) is 5.90. The average molecular weight is 403 g/mol. The minimum Gasteiger partial charge on any atom is -0.496 e. The Balaban J connectivity index is 1.80. The molecule has 0 radical (unpaired) electrons. The van der Waals surface area contributed by atoms with E-state index < -0.39 is 10.0 Å². The second-order valence-corrected chi connectivity index (χ2v) is 9.38. The van der Waals surface area contributed by atoms with Crippen LogP contribution in [0.3, 0.4) is 0 Å². The summed E-state index contributed by atoms with van der Waals surface area (Å²) < 4.78 is 33.8. The maximum absolute atomic E-state index is 13.4. The zero-order valence-corrected chi connectivity index (χ0v) is 18.2. The molecule has 1 fully saturated rings. The highest BCUT2D eigenvalue weighted by molar-refractivity contribution is 7.89. The number of nitrogens with zero attached hydrogens (tertiary/aromatic N) is 2. The van der Waals surface area contributed by atoms with E-state index in [2.05, 4.69) is 24.0 Å². The average Bonchev–Trinajstić information content (AvgIpc) is 2.70. The smallest absolute Gasteiger partial charge is 0.243 e. The van der Waals surface area contributed by atoms with Crippen molar-refractivity contribution in [2.45, 2.75) is 38.6 Å². The SMILES string of the molecule is COc1cc(C)c(S(=O)(=O)N2CCN(C(C)c3ccccc3)CC2)c(C)c1C. The molecular formula is C22H30N2O3S. The summed E-state index contributed by atoms with van der Waals surface area (Å²) in [6, 6.07) is 12.5. The largest absolute Gasteiger partial charge is 0.496 e. The van der Waals surface area contributed by atoms with E-state index in [1.807, 2.05) is 45.0 Å². The molecular weight excluding hydrogens is 372 g/mol. The van der Waals surface area contributed by atoms with Gasteiger partial charge in [0.15, 0.2) is 0 Å². The van der Waals surface area contributed by atoms with Crippen molar-refractivity contribution in [1.82, 2.24) is 9.21 Å². The summed E-state index contributed by atoms with van der Waals surface area (Å²) in [6.45, 7) is 10.3. The molecule has 0 amide bonds. The van der Waals surface area contributed by atoms with Gasteiger partial charge in [0.1, 0.15) is 5.75 Å². The molecule has 0 saturated carbocycles. The molecule has 152 valence electrons. The van der Waals surface area contributed by atoms with E-state index in [0.29, 0.717) is 18.0 Å². The fourth-order valence-electron chi connectivity index (χ4n) is 4.03. The third kappa shape index (κ3) is 3.81. The van der Waals surface area contributed by atoms with E-state index in [9.17, 15) is 8.42 Å². The van der Waals surface area contributed by atoms with Gasteiger partial charge in [-0.3, -0.25) is 4.90 Å². The highest BCUT2D eigenvalue weighted by Crippen LogP contribution is 2.33. The van der Waals surface area contributed by atoms with E-state index in [1.165, 1.54) is 5.56 Å². The molecule has 28 heavy (non-hydrogen) atoms. The third-order valence-corrected chi connectivity index (χ3v) is 8.09. The summed E-state index contributed by atoms with van der Waals surface area (Å²) in [5.41, 5.74) is 3.65. The molecule has 1 aliphatic heterocycles. The van der Waals surface area contributed by atoms with Crippen molar-refractivity contribution >= 4 is 10.0 Å². The Kier molecular flexibility index (Phi) is 6.12. The number of aryl methyl sites for hydroxylation is 1. The first-order chi connectivity index (χ1) is 13.3. The molecule has 3 rings (SSSR count). The Bertz CT molecular complexity index is 934. The molecule has 1 unspecified atom stereocenters. The van der Waals surface area contributed by atoms with Gasteiger partial charge in [-0.2, -0.15) is 4.31 Å². The Labute approximate surface area is 169 Å². The van der Waals surface area contributed by atoms with Gasteiger partial charge in [-0.05, 0) is 56.0 Å². The van der Waals surface area contributed by atoms with Crippen LogP contribution < -0.4 is 4.74 Å². The highest BCUT2D eigenvalue weighted by Gasteiger charge is 2.33. The van der Waals surface area contributed by atoms with E-state index in [-0.39, 0.29) is 6.04 Å². The minimum atomic E-state index is -3.53. The lowest BCUT2D eigenvalue weighted by atomic mass is 10.1. The molecule has 0 aromatic heterocycles. The summed E-state index contributed by atoms with van der Waals surface area (Å²) in [4.78, 5) is 2.77. The molecule has 0 bridgehead atoms. The van der Waals surface area contributed by atoms with Gasteiger partial charge >= 0.3 is 0 Å². The van der Waals surface area contributed by atoms with Crippen LogP contribution in [0.5, 0.6) is 5.75 Å². The van der Waals surface area contributed by atoms with Crippen LogP contribution in [-0.2, 0) is 10.0 Å². The number of rotatable bonds is 5. The lowest BCUT2D eigenvalue weighted by Crippen LogP contribution is -2.49. The van der Waals surface area contributed by atoms with Gasteiger partial charge in [0.2, 0.25) is 10.0 Å². The van der Waals surface area contributed by atoms with Crippen LogP contribution in [-0.4, -0.2) is 50.9 Å². The molecule has 0 aliphatic carbocycles. The molecule has 0 spiro atoms. The van der Waals surface area contributed by atoms with E-state index in [0.717, 1.165) is 35.5 Å². The second-order valence-electron chi connectivity index (χ2n) is 7.50. The molecule has 1 saturated heterocycles. The summed E-state index contributed by atoms with van der Waals surface area (Å²) in [5.74, 6) is 0.732. The first-order valence-electron chi connectivity index (χ1n) is 9.71. The van der Waals surface area contributed by atoms with Gasteiger partial charge in [-0.15, -0.1) is 0 Å². The Morgan fingerprint density at radius 3 is 2.14 bits per heavy atom. The monoisotopic (exact) mass is 402 g/mol. The number of hydrogen-bond donors (Lipinski definition) is 0. The number of benzene rings is 2. The fraction of sp³-hybridized carbons (Fsp3) is 0.455. The Morgan fingerprint density at radius 1 is 0.964 bits per heavy atom. The number of sulfonamides is 1. The first kappa shape index (κ1) is 20.8. The van der Waals surface area contributed by atoms with Gasteiger partial charge in [0.05, 0.1) is 12.0 Å². The molecule has 6 heteroatoms. The van der Waals surface area contributed by atoms with Gasteiger partial charge in [-0.25, -0.2) is 8.42 Å². The molecule has 1 heterocycles. The van der Waals surface area contributed by atoms with Gasteiger partial charge in [-0.1, -0.05) is 30.3 Å². The van der Waals surface area contributed by atoms with Crippen LogP contribution in [0.15, 0.2) is 41.3 Å². The van der Waals surface area contributed by atoms with Crippen molar-refractivity contribution in [2.24, 2.45) is 0 Å². The lowest BCUT2D eigenvalue weighted by Gasteiger charge is -2.38. The van der Waals surface area contributed by atoms with Crippen molar-refractivity contribution in [2.75, 3.05) is 33.3 Å². The minimum absolute atomic E-state index is 0.276. The van der Waals surface area contributed by atoms with E-state index in [4.69, 9.17) is 4.74 Å². The van der Waals surface area contributed by atoms with Crippen LogP contribution in [0.25, 0.3) is 0 Å². The Morgan fingerprint density at radius 2 is 1.57 bits per heavy atom. The zero-order valence-electron chi connectivity index (χ0n) is 17.4. The quantitative estimate of drug-likeness (QED) is 0.765. The number of hydrogen-bond acceptors (Lipinski definition) is 4. The highest BCUT2D eigenvalue weighted by atomic mass is 32.2. The molecule has 0 N–H and O–H groups in total. The number of methoxy groups -OCH3 is 1. The topological polar surface area (TPSA) is 49.9 Å². The lowest BCUT2D eigenvalue weighted by molar-refractivity contribution is 0.146. The van der Waals surface area contributed by atoms with Crippen LogP contribution >= 0.6 is 0 Å². The van der Waals surface area contributed by atoms with Crippen molar-refractivity contribution in [1.29, 1.82) is 0 Å². The van der Waals surface area contributed by atoms with Crippen LogP contribution in [0.1, 0.15) is 35.2 Å². The fourth-order valence-corrected chi connectivity index (χ4v) is 5.94. The maximum Gasteiger partial charge on any atom is 0.243 e. The molecule has 2 aromatic rings. The summed E-state index contributed by atoms with van der Waals surface area (Å²) in [6.07, 6.45) is 0. The molecule has 1 aliphatic rings. The standard InChI is InChI=1S/C22H30N2O3S/c1-16-15-21(27-5)17(2)18(3)22(16)28(25,26)24-13-11-23(12-14-24)19(4)20-9-7-6-8-10-20/h6-10,15,19H,11-14H2,1-5H3. The second kappa shape index (κ2) is 8.23. The summed E-state index contributed by atoms with van der Waals surface area (Å²) in [7, 11) is -1.92. The predicted molar refractivity (Wildman–Crippen MR) is 112 cm³/mol. The molecule has 2 aromatic carbocycles. The van der Waals surface area contributed by atoms with Crippen LogP contribution in [0, 0.1) is 20.8 Å². The van der Waals surface area contributed by atoms with Gasteiger partial charge < -0.3 is 4.74 Å². The van der Waals surface area contributed by atoms with Crippen molar-refractivity contribution in [3.63, 3.8) is 0 Å². The van der Waals surface area contributed by atoms with E-state index >= 15 is 0 Å². The predicted octanol–water partition coefficient (Wildman–Crippen LogP) is 3.69. The van der Waals surface area contributed by atoms with Gasteiger partial charge in [0.25, 0.3) is 0 Å². The van der Waals surface area contributed by atoms with Crippen molar-refractivity contribution < 1.29 is 13.2 Å². The summed E-state index contributed by atoms with van der Waals surface area (Å²) in [5, 5.41) is 0. The Hall–Kier alpha value is -1.89. The van der Waals surface area contributed by atoms with Crippen LogP contribution in [0.4, 0.5) is 0 Å².